The fraction of sp³-hybridized carbons (Fsp3) is 0.333. The van der Waals surface area contributed by atoms with Crippen molar-refractivity contribution in [2.24, 2.45) is 7.05 Å². The van der Waals surface area contributed by atoms with Crippen molar-refractivity contribution in [3.63, 3.8) is 0 Å². The number of fused-ring (bicyclic) bond motifs is 3. The summed E-state index contributed by atoms with van der Waals surface area (Å²) in [6, 6.07) is 8.25. The number of rotatable bonds is 3. The number of nitrogens with zero attached hydrogens (tertiary/aromatic N) is 3. The van der Waals surface area contributed by atoms with Crippen molar-refractivity contribution in [3.8, 4) is 0 Å². The van der Waals surface area contributed by atoms with Gasteiger partial charge in [-0.2, -0.15) is 0 Å². The maximum absolute atomic E-state index is 4.70. The van der Waals surface area contributed by atoms with E-state index in [1.807, 2.05) is 18.3 Å². The Morgan fingerprint density at radius 3 is 2.83 bits per heavy atom. The average Bonchev–Trinajstić information content (AvgIpc) is 2.73. The summed E-state index contributed by atoms with van der Waals surface area (Å²) in [7, 11) is 2.10. The molecule has 3 nitrogen and oxygen atoms in total. The minimum absolute atomic E-state index is 1.00. The summed E-state index contributed by atoms with van der Waals surface area (Å²) >= 11 is 0. The van der Waals surface area contributed by atoms with Crippen LogP contribution >= 0.6 is 0 Å². The molecule has 0 aliphatic rings. The largest absolute Gasteiger partial charge is 0.331 e. The van der Waals surface area contributed by atoms with E-state index in [4.69, 9.17) is 4.98 Å². The van der Waals surface area contributed by atoms with E-state index in [9.17, 15) is 0 Å². The van der Waals surface area contributed by atoms with E-state index in [-0.39, 0.29) is 0 Å². The smallest absolute Gasteiger partial charge is 0.109 e. The highest BCUT2D eigenvalue weighted by Gasteiger charge is 2.10. The van der Waals surface area contributed by atoms with Crippen LogP contribution in [0.4, 0.5) is 0 Å². The zero-order chi connectivity index (χ0) is 12.5. The Hall–Kier alpha value is -1.90. The summed E-state index contributed by atoms with van der Waals surface area (Å²) in [5.74, 6) is 1.16. The lowest BCUT2D eigenvalue weighted by atomic mass is 10.2. The van der Waals surface area contributed by atoms with E-state index in [2.05, 4.69) is 35.7 Å². The van der Waals surface area contributed by atoms with E-state index in [1.54, 1.807) is 0 Å². The molecule has 1 aromatic carbocycles. The van der Waals surface area contributed by atoms with Gasteiger partial charge < -0.3 is 4.57 Å². The van der Waals surface area contributed by atoms with Gasteiger partial charge in [0.25, 0.3) is 0 Å². The molecule has 0 saturated carbocycles. The number of unbranched alkanes of at least 4 members (excludes halogenated alkanes) is 1. The summed E-state index contributed by atoms with van der Waals surface area (Å²) in [6.07, 6.45) is 5.30. The van der Waals surface area contributed by atoms with Gasteiger partial charge in [-0.25, -0.2) is 4.98 Å². The Morgan fingerprint density at radius 1 is 1.17 bits per heavy atom. The molecule has 0 spiro atoms. The first-order valence-corrected chi connectivity index (χ1v) is 6.50. The molecule has 0 atom stereocenters. The van der Waals surface area contributed by atoms with E-state index < -0.39 is 0 Å². The quantitative estimate of drug-likeness (QED) is 0.700. The summed E-state index contributed by atoms with van der Waals surface area (Å²) < 4.78 is 2.22. The third-order valence-corrected chi connectivity index (χ3v) is 3.45. The first kappa shape index (κ1) is 11.2. The number of para-hydroxylation sites is 1. The number of hydrogen-bond acceptors (Lipinski definition) is 2. The van der Waals surface area contributed by atoms with Crippen molar-refractivity contribution in [3.05, 3.63) is 36.3 Å². The molecule has 92 valence electrons. The molecule has 18 heavy (non-hydrogen) atoms. The fourth-order valence-corrected chi connectivity index (χ4v) is 2.45. The molecule has 0 aliphatic heterocycles. The predicted molar refractivity (Wildman–Crippen MR) is 74.6 cm³/mol. The highest BCUT2D eigenvalue weighted by atomic mass is 15.1. The molecule has 0 N–H and O–H groups in total. The van der Waals surface area contributed by atoms with Crippen LogP contribution in [0, 0.1) is 0 Å². The SMILES string of the molecule is CCCCc1nc2cnc3ccccc3c2n1C. The number of aromatic nitrogens is 3. The van der Waals surface area contributed by atoms with Crippen LogP contribution in [0.25, 0.3) is 21.9 Å². The molecular formula is C15H17N3. The zero-order valence-corrected chi connectivity index (χ0v) is 10.8. The van der Waals surface area contributed by atoms with Crippen molar-refractivity contribution in [2.75, 3.05) is 0 Å². The van der Waals surface area contributed by atoms with Crippen molar-refractivity contribution in [1.29, 1.82) is 0 Å². The van der Waals surface area contributed by atoms with Gasteiger partial charge in [0.2, 0.25) is 0 Å². The minimum atomic E-state index is 1.00. The maximum Gasteiger partial charge on any atom is 0.109 e. The Morgan fingerprint density at radius 2 is 2.00 bits per heavy atom. The predicted octanol–water partition coefficient (Wildman–Crippen LogP) is 3.46. The van der Waals surface area contributed by atoms with E-state index >= 15 is 0 Å². The molecule has 0 aliphatic carbocycles. The van der Waals surface area contributed by atoms with Crippen LogP contribution in [-0.2, 0) is 13.5 Å². The Balaban J connectivity index is 2.26. The van der Waals surface area contributed by atoms with Gasteiger partial charge >= 0.3 is 0 Å². The number of benzene rings is 1. The fourth-order valence-electron chi connectivity index (χ4n) is 2.45. The van der Waals surface area contributed by atoms with Gasteiger partial charge in [0, 0.05) is 18.9 Å². The summed E-state index contributed by atoms with van der Waals surface area (Å²) in [5, 5.41) is 1.19. The van der Waals surface area contributed by atoms with Gasteiger partial charge in [-0.1, -0.05) is 31.5 Å². The van der Waals surface area contributed by atoms with Gasteiger partial charge in [0.15, 0.2) is 0 Å². The second kappa shape index (κ2) is 4.41. The van der Waals surface area contributed by atoms with Gasteiger partial charge in [-0.3, -0.25) is 4.98 Å². The molecule has 3 rings (SSSR count). The lowest BCUT2D eigenvalue weighted by molar-refractivity contribution is 0.720. The molecule has 0 amide bonds. The maximum atomic E-state index is 4.70. The average molecular weight is 239 g/mol. The van der Waals surface area contributed by atoms with Crippen molar-refractivity contribution < 1.29 is 0 Å². The van der Waals surface area contributed by atoms with Crippen LogP contribution in [0.15, 0.2) is 30.5 Å². The van der Waals surface area contributed by atoms with Crippen LogP contribution in [0.3, 0.4) is 0 Å². The number of aryl methyl sites for hydroxylation is 2. The molecule has 0 unspecified atom stereocenters. The summed E-state index contributed by atoms with van der Waals surface area (Å²) in [5.41, 5.74) is 3.24. The van der Waals surface area contributed by atoms with Crippen molar-refractivity contribution >= 4 is 21.9 Å². The molecule has 0 saturated heterocycles. The van der Waals surface area contributed by atoms with Crippen LogP contribution in [-0.4, -0.2) is 14.5 Å². The number of pyridine rings is 1. The van der Waals surface area contributed by atoms with E-state index in [1.165, 1.54) is 23.7 Å². The Labute approximate surface area is 106 Å². The van der Waals surface area contributed by atoms with Gasteiger partial charge in [-0.05, 0) is 12.5 Å². The summed E-state index contributed by atoms with van der Waals surface area (Å²) in [4.78, 5) is 9.17. The molecule has 3 aromatic rings. The molecule has 0 fully saturated rings. The molecular weight excluding hydrogens is 222 g/mol. The summed E-state index contributed by atoms with van der Waals surface area (Å²) in [6.45, 7) is 2.21. The molecule has 3 heteroatoms. The van der Waals surface area contributed by atoms with Gasteiger partial charge in [0.1, 0.15) is 11.3 Å². The van der Waals surface area contributed by atoms with E-state index in [0.717, 1.165) is 23.3 Å². The van der Waals surface area contributed by atoms with Crippen LogP contribution in [0.1, 0.15) is 25.6 Å². The van der Waals surface area contributed by atoms with E-state index in [0.29, 0.717) is 0 Å². The monoisotopic (exact) mass is 239 g/mol. The third kappa shape index (κ3) is 1.67. The van der Waals surface area contributed by atoms with Gasteiger partial charge in [0.05, 0.1) is 17.2 Å². The standard InChI is InChI=1S/C15H17N3/c1-3-4-9-14-17-13-10-16-12-8-6-5-7-11(12)15(13)18(14)2/h5-8,10H,3-4,9H2,1-2H3. The van der Waals surface area contributed by atoms with Crippen LogP contribution in [0.2, 0.25) is 0 Å². The van der Waals surface area contributed by atoms with Crippen molar-refractivity contribution in [1.82, 2.24) is 14.5 Å². The third-order valence-electron chi connectivity index (χ3n) is 3.45. The Bertz CT molecular complexity index is 697. The lowest BCUT2D eigenvalue weighted by Crippen LogP contribution is -1.97. The molecule has 2 aromatic heterocycles. The normalized spacial score (nSPS) is 11.4. The molecule has 0 bridgehead atoms. The van der Waals surface area contributed by atoms with Gasteiger partial charge in [-0.15, -0.1) is 0 Å². The Kier molecular flexibility index (Phi) is 2.74. The topological polar surface area (TPSA) is 30.7 Å². The second-order valence-electron chi connectivity index (χ2n) is 4.70. The second-order valence-corrected chi connectivity index (χ2v) is 4.70. The highest BCUT2D eigenvalue weighted by Crippen LogP contribution is 2.24. The number of imidazole rings is 1. The van der Waals surface area contributed by atoms with Crippen LogP contribution < -0.4 is 0 Å². The van der Waals surface area contributed by atoms with Crippen LogP contribution in [0.5, 0.6) is 0 Å². The molecule has 0 radical (unpaired) electrons. The zero-order valence-electron chi connectivity index (χ0n) is 10.8. The first-order chi connectivity index (χ1) is 8.81. The van der Waals surface area contributed by atoms with Crippen molar-refractivity contribution in [2.45, 2.75) is 26.2 Å². The highest BCUT2D eigenvalue weighted by molar-refractivity contribution is 6.02. The minimum Gasteiger partial charge on any atom is -0.331 e. The first-order valence-electron chi connectivity index (χ1n) is 6.50. The number of hydrogen-bond donors (Lipinski definition) is 0. The lowest BCUT2D eigenvalue weighted by Gasteiger charge is -2.03. The molecule has 2 heterocycles.